The predicted molar refractivity (Wildman–Crippen MR) is 241 cm³/mol. The number of hydrogen-bond donors (Lipinski definition) is 3. The Morgan fingerprint density at radius 1 is 0.717 bits per heavy atom. The van der Waals surface area contributed by atoms with Crippen molar-refractivity contribution in [2.45, 2.75) is 72.3 Å². The number of ether oxygens (including phenoxy) is 2. The highest BCUT2D eigenvalue weighted by molar-refractivity contribution is 7.81. The summed E-state index contributed by atoms with van der Waals surface area (Å²) in [5, 5.41) is 16.9. The van der Waals surface area contributed by atoms with Crippen molar-refractivity contribution in [3.8, 4) is 11.5 Å². The van der Waals surface area contributed by atoms with Crippen LogP contribution in [0.3, 0.4) is 0 Å². The van der Waals surface area contributed by atoms with Gasteiger partial charge < -0.3 is 34.3 Å². The zero-order valence-electron chi connectivity index (χ0n) is 35.0. The van der Waals surface area contributed by atoms with E-state index in [2.05, 4.69) is 10.6 Å². The number of methoxy groups -OCH3 is 2. The van der Waals surface area contributed by atoms with E-state index in [9.17, 15) is 14.7 Å². The Labute approximate surface area is 359 Å². The van der Waals surface area contributed by atoms with Crippen molar-refractivity contribution in [3.05, 3.63) is 129 Å². The van der Waals surface area contributed by atoms with Crippen molar-refractivity contribution in [1.29, 1.82) is 0 Å². The Kier molecular flexibility index (Phi) is 13.5. The van der Waals surface area contributed by atoms with Crippen LogP contribution in [0.2, 0.25) is 0 Å². The highest BCUT2D eigenvalue weighted by Gasteiger charge is 2.38. The maximum atomic E-state index is 15.7. The Morgan fingerprint density at radius 3 is 1.52 bits per heavy atom. The number of hydrogen-bond acceptors (Lipinski definition) is 7. The van der Waals surface area contributed by atoms with Crippen LogP contribution in [0.15, 0.2) is 72.8 Å². The number of thiocarbonyl (C=S) groups is 2. The molecule has 6 aromatic rings. The molecule has 0 saturated heterocycles. The van der Waals surface area contributed by atoms with Crippen molar-refractivity contribution in [1.82, 2.24) is 19.8 Å². The van der Waals surface area contributed by atoms with Crippen LogP contribution in [0.4, 0.5) is 8.78 Å². The maximum absolute atomic E-state index is 15.7. The molecule has 0 aliphatic heterocycles. The van der Waals surface area contributed by atoms with Crippen molar-refractivity contribution >= 4 is 68.0 Å². The second-order valence-corrected chi connectivity index (χ2v) is 16.0. The van der Waals surface area contributed by atoms with Gasteiger partial charge in [0.05, 0.1) is 43.7 Å². The van der Waals surface area contributed by atoms with Crippen LogP contribution in [-0.2, 0) is 9.59 Å². The first-order chi connectivity index (χ1) is 28.6. The van der Waals surface area contributed by atoms with E-state index < -0.39 is 29.4 Å². The van der Waals surface area contributed by atoms with Crippen LogP contribution in [0.25, 0.3) is 21.8 Å². The fourth-order valence-electron chi connectivity index (χ4n) is 7.94. The summed E-state index contributed by atoms with van der Waals surface area (Å²) in [6.45, 7) is 11.0. The number of halogens is 2. The summed E-state index contributed by atoms with van der Waals surface area (Å²) >= 11 is 12.2. The summed E-state index contributed by atoms with van der Waals surface area (Å²) in [7, 11) is 2.73. The lowest BCUT2D eigenvalue weighted by atomic mass is 9.81. The molecule has 4 aromatic carbocycles. The Morgan fingerprint density at radius 2 is 1.13 bits per heavy atom. The minimum Gasteiger partial charge on any atom is -0.494 e. The Hall–Kier alpha value is -5.50. The molecular weight excluding hydrogens is 803 g/mol. The van der Waals surface area contributed by atoms with Gasteiger partial charge in [-0.15, -0.1) is 0 Å². The predicted octanol–water partition coefficient (Wildman–Crippen LogP) is 8.85. The molecule has 0 saturated carbocycles. The van der Waals surface area contributed by atoms with Gasteiger partial charge in [0.15, 0.2) is 23.1 Å². The summed E-state index contributed by atoms with van der Waals surface area (Å²) in [5.74, 6) is -4.26. The lowest BCUT2D eigenvalue weighted by Crippen LogP contribution is -2.39. The third-order valence-electron chi connectivity index (χ3n) is 11.3. The van der Waals surface area contributed by atoms with E-state index in [4.69, 9.17) is 33.9 Å². The van der Waals surface area contributed by atoms with Crippen LogP contribution in [0, 0.1) is 39.3 Å². The zero-order valence-corrected chi connectivity index (χ0v) is 36.7. The highest BCUT2D eigenvalue weighted by atomic mass is 32.1. The van der Waals surface area contributed by atoms with E-state index in [0.717, 1.165) is 16.7 Å². The highest BCUT2D eigenvalue weighted by Crippen LogP contribution is 2.44. The maximum Gasteiger partial charge on any atom is 0.227 e. The number of aryl methyl sites for hydroxylation is 2. The van der Waals surface area contributed by atoms with Crippen LogP contribution in [0.1, 0.15) is 83.3 Å². The summed E-state index contributed by atoms with van der Waals surface area (Å²) < 4.78 is 45.8. The number of fused-ring (bicyclic) bond motifs is 2. The number of nitrogens with zero attached hydrogens (tertiary/aromatic N) is 2. The van der Waals surface area contributed by atoms with Crippen LogP contribution in [0.5, 0.6) is 11.5 Å². The molecule has 0 spiro atoms. The van der Waals surface area contributed by atoms with Crippen molar-refractivity contribution in [3.63, 3.8) is 0 Å². The number of benzene rings is 4. The zero-order chi connectivity index (χ0) is 43.6. The number of carbonyl (C=O) groups excluding carboxylic acids is 2. The number of aromatic nitrogens is 2. The van der Waals surface area contributed by atoms with E-state index in [1.165, 1.54) is 26.4 Å². The second kappa shape index (κ2) is 18.4. The number of rotatable bonds is 14. The molecule has 314 valence electrons. The monoisotopic (exact) mass is 852 g/mol. The number of aliphatic hydroxyl groups is 1. The molecular formula is C47H50F2N4O5S2. The quantitative estimate of drug-likeness (QED) is 0.0941. The van der Waals surface area contributed by atoms with E-state index >= 15 is 8.78 Å². The molecule has 3 atom stereocenters. The van der Waals surface area contributed by atoms with Crippen molar-refractivity contribution < 1.29 is 33.0 Å². The molecule has 0 aliphatic rings. The van der Waals surface area contributed by atoms with Gasteiger partial charge in [0.1, 0.15) is 9.98 Å². The molecule has 0 radical (unpaired) electrons. The van der Waals surface area contributed by atoms with Crippen LogP contribution >= 0.6 is 24.4 Å². The molecule has 0 bridgehead atoms. The number of amides is 2. The molecule has 60 heavy (non-hydrogen) atoms. The first-order valence-corrected chi connectivity index (χ1v) is 20.7. The van der Waals surface area contributed by atoms with Gasteiger partial charge in [-0.05, 0) is 70.7 Å². The molecule has 3 unspecified atom stereocenters. The lowest BCUT2D eigenvalue weighted by molar-refractivity contribution is -0.125. The topological polar surface area (TPSA) is 107 Å². The molecule has 0 fully saturated rings. The smallest absolute Gasteiger partial charge is 0.227 e. The minimum absolute atomic E-state index is 0.0295. The fourth-order valence-corrected chi connectivity index (χ4v) is 8.68. The fraction of sp³-hybridized carbons (Fsp3) is 0.319. The third-order valence-corrected chi connectivity index (χ3v) is 12.1. The lowest BCUT2D eigenvalue weighted by Gasteiger charge is -2.26. The van der Waals surface area contributed by atoms with Gasteiger partial charge in [-0.1, -0.05) is 91.0 Å². The van der Waals surface area contributed by atoms with Crippen molar-refractivity contribution in [2.75, 3.05) is 27.4 Å². The van der Waals surface area contributed by atoms with Gasteiger partial charge in [-0.3, -0.25) is 9.59 Å². The summed E-state index contributed by atoms with van der Waals surface area (Å²) in [4.78, 5) is 30.4. The first kappa shape index (κ1) is 44.1. The van der Waals surface area contributed by atoms with E-state index in [0.29, 0.717) is 66.3 Å². The summed E-state index contributed by atoms with van der Waals surface area (Å²) in [5.41, 5.74) is 6.47. The van der Waals surface area contributed by atoms with Gasteiger partial charge >= 0.3 is 0 Å². The third kappa shape index (κ3) is 8.43. The van der Waals surface area contributed by atoms with Crippen LogP contribution in [-0.4, -0.2) is 69.4 Å². The van der Waals surface area contributed by atoms with E-state index in [-0.39, 0.29) is 43.0 Å². The summed E-state index contributed by atoms with van der Waals surface area (Å²) in [6.07, 6.45) is 0.526. The second-order valence-electron chi connectivity index (χ2n) is 15.2. The number of aliphatic hydroxyl groups excluding tert-OH is 1. The van der Waals surface area contributed by atoms with Gasteiger partial charge in [0.2, 0.25) is 11.8 Å². The molecule has 9 nitrogen and oxygen atoms in total. The van der Waals surface area contributed by atoms with Gasteiger partial charge in [-0.2, -0.15) is 0 Å². The average molecular weight is 853 g/mol. The molecule has 13 heteroatoms. The minimum atomic E-state index is -1.08. The number of carbonyl (C=O) groups is 2. The molecule has 3 N–H and O–H groups in total. The van der Waals surface area contributed by atoms with Crippen LogP contribution < -0.4 is 20.1 Å². The van der Waals surface area contributed by atoms with E-state index in [1.54, 1.807) is 21.3 Å². The standard InChI is InChI=1S/C47H50F2N4O5S2/c1-9-27(4)51-45(56)35(43-29(6)53(47(60)31-16-12-26(3)13-17-31)39-24-37(49)41(58-8)22-33(39)43)20-34(44(55)50-18-19-54)42-28(5)52(46(59)30-14-10-25(2)11-15-30)38-23-36(48)40(57-7)21-32(38)42/h10-17,21-24,27,34-35,54H,9,18-20H2,1-8H3,(H,50,55)(H,51,56). The molecule has 2 aromatic heterocycles. The molecule has 0 aliphatic carbocycles. The number of nitrogens with one attached hydrogen (secondary N) is 2. The normalized spacial score (nSPS) is 12.9. The van der Waals surface area contributed by atoms with Gasteiger partial charge in [-0.25, -0.2) is 8.78 Å². The summed E-state index contributed by atoms with van der Waals surface area (Å²) in [6, 6.07) is 20.9. The Bertz CT molecular complexity index is 2620. The molecule has 6 rings (SSSR count). The van der Waals surface area contributed by atoms with Gasteiger partial charge in [0, 0.05) is 58.0 Å². The average Bonchev–Trinajstić information content (AvgIpc) is 3.66. The SMILES string of the molecule is CCC(C)NC(=O)C(CC(C(=O)NCCO)c1c(C)n(C(=S)c2ccc(C)cc2)c2cc(F)c(OC)cc12)c1c(C)n(C(=S)c2ccc(C)cc2)c2cc(F)c(OC)cc12. The molecule has 2 amide bonds. The first-order valence-electron chi connectivity index (χ1n) is 19.8. The van der Waals surface area contributed by atoms with Crippen molar-refractivity contribution in [2.24, 2.45) is 0 Å². The van der Waals surface area contributed by atoms with Gasteiger partial charge in [0.25, 0.3) is 0 Å². The van der Waals surface area contributed by atoms with E-state index in [1.807, 2.05) is 90.1 Å². The largest absolute Gasteiger partial charge is 0.494 e. The Balaban J connectivity index is 1.65. The molecule has 2 heterocycles.